The summed E-state index contributed by atoms with van der Waals surface area (Å²) in [4.78, 5) is 27.3. The third-order valence-corrected chi connectivity index (χ3v) is 4.19. The number of aryl methyl sites for hydroxylation is 1. The van der Waals surface area contributed by atoms with Crippen LogP contribution in [-0.4, -0.2) is 27.6 Å². The predicted molar refractivity (Wildman–Crippen MR) is 101 cm³/mol. The third kappa shape index (κ3) is 3.14. The maximum Gasteiger partial charge on any atom is 0.336 e. The van der Waals surface area contributed by atoms with Crippen LogP contribution < -0.4 is 14.4 Å². The van der Waals surface area contributed by atoms with Crippen LogP contribution in [0.1, 0.15) is 0 Å². The maximum absolute atomic E-state index is 12.6. The zero-order valence-corrected chi connectivity index (χ0v) is 14.8. The van der Waals surface area contributed by atoms with Crippen LogP contribution in [-0.2, 0) is 7.05 Å². The monoisotopic (exact) mass is 373 g/mol. The Morgan fingerprint density at radius 3 is 2.85 bits per heavy atom. The molecule has 0 unspecified atom stereocenters. The van der Waals surface area contributed by atoms with E-state index in [0.717, 1.165) is 9.82 Å². The lowest BCUT2D eigenvalue weighted by atomic mass is 10.2. The number of methoxy groups -OCH3 is 1. The number of carbonyl (C=O) groups excluding carboxylic acids is 1. The summed E-state index contributed by atoms with van der Waals surface area (Å²) in [5, 5.41) is 13.7. The molecule has 1 aromatic heterocycles. The van der Waals surface area contributed by atoms with Crippen LogP contribution in [0.2, 0.25) is 0 Å². The molecule has 2 aromatic carbocycles. The number of hydrogen-bond acceptors (Lipinski definition) is 6. The molecule has 0 bridgehead atoms. The van der Waals surface area contributed by atoms with Crippen LogP contribution in [0.4, 0.5) is 21.9 Å². The average molecular weight is 373 g/mol. The van der Waals surface area contributed by atoms with Crippen molar-refractivity contribution >= 4 is 46.9 Å². The van der Waals surface area contributed by atoms with Crippen molar-refractivity contribution in [3.63, 3.8) is 0 Å². The molecule has 9 nitrogen and oxygen atoms in total. The Balaban J connectivity index is 1.92. The van der Waals surface area contributed by atoms with Crippen molar-refractivity contribution in [1.82, 2.24) is 9.55 Å². The standard InChI is InChI=1S/C16H15N5O4S/c1-19-9-17-15-11(4-3-5-12(15)19)18-16(22)20(26)13-8-10(21(23)24)6-7-14(13)25-2/h3-9,26H,1-2H3,(H,18,22). The third-order valence-electron chi connectivity index (χ3n) is 3.79. The topological polar surface area (TPSA) is 103 Å². The van der Waals surface area contributed by atoms with Gasteiger partial charge in [0.1, 0.15) is 17.0 Å². The lowest BCUT2D eigenvalue weighted by Gasteiger charge is -2.19. The molecule has 0 aliphatic rings. The number of rotatable bonds is 4. The number of urea groups is 1. The highest BCUT2D eigenvalue weighted by atomic mass is 32.1. The van der Waals surface area contributed by atoms with Gasteiger partial charge in [-0.2, -0.15) is 0 Å². The number of nitro benzene ring substituents is 1. The van der Waals surface area contributed by atoms with E-state index in [1.807, 2.05) is 17.7 Å². The second kappa shape index (κ2) is 6.92. The van der Waals surface area contributed by atoms with Gasteiger partial charge < -0.3 is 14.6 Å². The van der Waals surface area contributed by atoms with Crippen molar-refractivity contribution in [2.45, 2.75) is 0 Å². The summed E-state index contributed by atoms with van der Waals surface area (Å²) in [7, 11) is 3.25. The van der Waals surface area contributed by atoms with Crippen LogP contribution in [0, 0.1) is 10.1 Å². The number of nitrogens with zero attached hydrogens (tertiary/aromatic N) is 4. The van der Waals surface area contributed by atoms with Crippen LogP contribution in [0.5, 0.6) is 5.75 Å². The average Bonchev–Trinajstić information content (AvgIpc) is 3.02. The number of nitro groups is 1. The van der Waals surface area contributed by atoms with Gasteiger partial charge in [0, 0.05) is 19.2 Å². The largest absolute Gasteiger partial charge is 0.495 e. The molecule has 134 valence electrons. The second-order valence-electron chi connectivity index (χ2n) is 5.38. The van der Waals surface area contributed by atoms with E-state index in [1.165, 1.54) is 25.3 Å². The molecule has 2 amide bonds. The molecule has 0 aliphatic carbocycles. The molecule has 0 fully saturated rings. The van der Waals surface area contributed by atoms with E-state index in [2.05, 4.69) is 23.1 Å². The van der Waals surface area contributed by atoms with Crippen molar-refractivity contribution < 1.29 is 14.5 Å². The second-order valence-corrected chi connectivity index (χ2v) is 5.78. The molecule has 0 aliphatic heterocycles. The minimum absolute atomic E-state index is 0.149. The Labute approximate surface area is 153 Å². The van der Waals surface area contributed by atoms with Crippen LogP contribution in [0.15, 0.2) is 42.7 Å². The minimum Gasteiger partial charge on any atom is -0.495 e. The predicted octanol–water partition coefficient (Wildman–Crippen LogP) is 3.37. The summed E-state index contributed by atoms with van der Waals surface area (Å²) in [6, 6.07) is 8.67. The zero-order chi connectivity index (χ0) is 18.8. The molecule has 0 saturated heterocycles. The number of non-ortho nitro benzene ring substituents is 1. The first-order chi connectivity index (χ1) is 12.4. The van der Waals surface area contributed by atoms with E-state index < -0.39 is 11.0 Å². The minimum atomic E-state index is -0.606. The summed E-state index contributed by atoms with van der Waals surface area (Å²) in [5.41, 5.74) is 1.93. The van der Waals surface area contributed by atoms with Gasteiger partial charge in [-0.25, -0.2) is 14.1 Å². The molecular formula is C16H15N5O4S. The summed E-state index contributed by atoms with van der Waals surface area (Å²) in [5.74, 6) is 0.275. The number of amides is 2. The van der Waals surface area contributed by atoms with Gasteiger partial charge in [-0.3, -0.25) is 10.1 Å². The number of nitrogens with one attached hydrogen (secondary N) is 1. The van der Waals surface area contributed by atoms with Crippen molar-refractivity contribution in [3.8, 4) is 5.75 Å². The molecule has 0 spiro atoms. The number of para-hydroxylation sites is 1. The van der Waals surface area contributed by atoms with Crippen molar-refractivity contribution in [2.24, 2.45) is 7.05 Å². The van der Waals surface area contributed by atoms with Gasteiger partial charge in [0.25, 0.3) is 5.69 Å². The number of ether oxygens (including phenoxy) is 1. The summed E-state index contributed by atoms with van der Waals surface area (Å²) < 4.78 is 7.94. The Morgan fingerprint density at radius 1 is 1.38 bits per heavy atom. The molecule has 0 saturated carbocycles. The number of benzene rings is 2. The van der Waals surface area contributed by atoms with Crippen LogP contribution >= 0.6 is 12.8 Å². The summed E-state index contributed by atoms with van der Waals surface area (Å²) in [6.07, 6.45) is 1.64. The molecular weight excluding hydrogens is 358 g/mol. The Hall–Kier alpha value is -3.27. The molecule has 3 rings (SSSR count). The number of anilines is 2. The smallest absolute Gasteiger partial charge is 0.336 e. The number of hydrogen-bond donors (Lipinski definition) is 2. The molecule has 1 heterocycles. The van der Waals surface area contributed by atoms with E-state index in [4.69, 9.17) is 4.74 Å². The Kier molecular flexibility index (Phi) is 4.67. The highest BCUT2D eigenvalue weighted by Gasteiger charge is 2.21. The van der Waals surface area contributed by atoms with Gasteiger partial charge in [-0.15, -0.1) is 0 Å². The number of aromatic nitrogens is 2. The molecule has 0 radical (unpaired) electrons. The van der Waals surface area contributed by atoms with Gasteiger partial charge in [0.2, 0.25) is 0 Å². The fourth-order valence-electron chi connectivity index (χ4n) is 2.49. The van der Waals surface area contributed by atoms with E-state index >= 15 is 0 Å². The van der Waals surface area contributed by atoms with Crippen molar-refractivity contribution in [3.05, 3.63) is 52.8 Å². The number of fused-ring (bicyclic) bond motifs is 1. The van der Waals surface area contributed by atoms with E-state index in [9.17, 15) is 14.9 Å². The molecule has 0 atom stereocenters. The molecule has 26 heavy (non-hydrogen) atoms. The lowest BCUT2D eigenvalue weighted by Crippen LogP contribution is -2.27. The SMILES string of the molecule is COc1ccc([N+](=O)[O-])cc1N(S)C(=O)Nc1cccc2c1ncn2C. The number of thiol groups is 1. The lowest BCUT2D eigenvalue weighted by molar-refractivity contribution is -0.384. The molecule has 3 aromatic rings. The van der Waals surface area contributed by atoms with Crippen LogP contribution in [0.25, 0.3) is 11.0 Å². The van der Waals surface area contributed by atoms with Gasteiger partial charge >= 0.3 is 6.03 Å². The van der Waals surface area contributed by atoms with Crippen molar-refractivity contribution in [1.29, 1.82) is 0 Å². The Bertz CT molecular complexity index is 1000. The highest BCUT2D eigenvalue weighted by molar-refractivity contribution is 7.82. The first kappa shape index (κ1) is 17.5. The van der Waals surface area contributed by atoms with Gasteiger partial charge in [0.15, 0.2) is 0 Å². The zero-order valence-electron chi connectivity index (χ0n) is 13.9. The quantitative estimate of drug-likeness (QED) is 0.415. The normalized spacial score (nSPS) is 10.6. The van der Waals surface area contributed by atoms with Gasteiger partial charge in [-0.05, 0) is 18.2 Å². The molecule has 1 N–H and O–H groups in total. The van der Waals surface area contributed by atoms with E-state index in [-0.39, 0.29) is 17.1 Å². The Morgan fingerprint density at radius 2 is 2.15 bits per heavy atom. The number of carbonyl (C=O) groups is 1. The van der Waals surface area contributed by atoms with Gasteiger partial charge in [0.05, 0.1) is 29.6 Å². The van der Waals surface area contributed by atoms with E-state index in [1.54, 1.807) is 18.5 Å². The molecule has 10 heteroatoms. The fourth-order valence-corrected chi connectivity index (χ4v) is 2.70. The van der Waals surface area contributed by atoms with Crippen molar-refractivity contribution in [2.75, 3.05) is 16.7 Å². The van der Waals surface area contributed by atoms with Crippen LogP contribution in [0.3, 0.4) is 0 Å². The highest BCUT2D eigenvalue weighted by Crippen LogP contribution is 2.34. The first-order valence-corrected chi connectivity index (χ1v) is 7.85. The van der Waals surface area contributed by atoms with E-state index in [0.29, 0.717) is 11.2 Å². The maximum atomic E-state index is 12.6. The van der Waals surface area contributed by atoms with Gasteiger partial charge in [-0.1, -0.05) is 18.9 Å². The first-order valence-electron chi connectivity index (χ1n) is 7.45. The summed E-state index contributed by atoms with van der Waals surface area (Å²) in [6.45, 7) is 0. The number of imidazole rings is 1. The fraction of sp³-hybridized carbons (Fsp3) is 0.125. The summed E-state index contributed by atoms with van der Waals surface area (Å²) >= 11 is 4.18.